The number of halogens is 2. The summed E-state index contributed by atoms with van der Waals surface area (Å²) in [4.78, 5) is 4.71. The highest BCUT2D eigenvalue weighted by molar-refractivity contribution is 14.0. The van der Waals surface area contributed by atoms with Crippen molar-refractivity contribution < 1.29 is 9.13 Å². The molecule has 164 valence electrons. The van der Waals surface area contributed by atoms with Gasteiger partial charge in [0, 0.05) is 37.8 Å². The molecule has 0 atom stereocenters. The second-order valence-corrected chi connectivity index (χ2v) is 7.46. The van der Waals surface area contributed by atoms with Gasteiger partial charge in [-0.2, -0.15) is 0 Å². The van der Waals surface area contributed by atoms with Crippen molar-refractivity contribution in [2.24, 2.45) is 4.99 Å². The fraction of sp³-hybridized carbons (Fsp3) is 0.435. The summed E-state index contributed by atoms with van der Waals surface area (Å²) in [7, 11) is 1.70. The van der Waals surface area contributed by atoms with E-state index in [9.17, 15) is 4.39 Å². The number of methoxy groups -OCH3 is 1. The van der Waals surface area contributed by atoms with E-state index in [1.54, 1.807) is 19.2 Å². The van der Waals surface area contributed by atoms with Crippen molar-refractivity contribution in [2.45, 2.75) is 31.7 Å². The van der Waals surface area contributed by atoms with Crippen molar-refractivity contribution in [3.05, 3.63) is 65.5 Å². The van der Waals surface area contributed by atoms with Crippen LogP contribution in [0.4, 0.5) is 10.1 Å². The third-order valence-corrected chi connectivity index (χ3v) is 5.24. The molecule has 3 N–H and O–H groups in total. The quantitative estimate of drug-likeness (QED) is 0.187. The molecule has 3 rings (SSSR count). The van der Waals surface area contributed by atoms with Crippen LogP contribution < -0.4 is 16.0 Å². The highest BCUT2D eigenvalue weighted by Gasteiger charge is 2.44. The molecule has 0 spiro atoms. The topological polar surface area (TPSA) is 57.7 Å². The molecule has 0 aromatic heterocycles. The van der Waals surface area contributed by atoms with E-state index in [0.717, 1.165) is 55.2 Å². The van der Waals surface area contributed by atoms with Gasteiger partial charge >= 0.3 is 0 Å². The van der Waals surface area contributed by atoms with Gasteiger partial charge in [0.1, 0.15) is 5.82 Å². The van der Waals surface area contributed by atoms with Crippen molar-refractivity contribution in [1.29, 1.82) is 0 Å². The number of ether oxygens (including phenoxy) is 1. The average Bonchev–Trinajstić information content (AvgIpc) is 3.52. The van der Waals surface area contributed by atoms with Crippen molar-refractivity contribution in [3.63, 3.8) is 0 Å². The van der Waals surface area contributed by atoms with Crippen molar-refractivity contribution in [1.82, 2.24) is 10.6 Å². The number of aliphatic imine (C=N–C) groups is 1. The van der Waals surface area contributed by atoms with E-state index in [4.69, 9.17) is 9.73 Å². The van der Waals surface area contributed by atoms with Crippen LogP contribution in [0.15, 0.2) is 53.5 Å². The average molecular weight is 526 g/mol. The molecular formula is C23H32FIN4O. The Kier molecular flexibility index (Phi) is 9.84. The van der Waals surface area contributed by atoms with Crippen molar-refractivity contribution in [3.8, 4) is 0 Å². The molecule has 2 aromatic carbocycles. The minimum atomic E-state index is -0.172. The number of nitrogens with zero attached hydrogens (tertiary/aromatic N) is 1. The number of hydrogen-bond acceptors (Lipinski definition) is 3. The second kappa shape index (κ2) is 12.1. The molecule has 0 bridgehead atoms. The molecule has 0 amide bonds. The first kappa shape index (κ1) is 24.4. The van der Waals surface area contributed by atoms with Crippen LogP contribution in [0.25, 0.3) is 0 Å². The van der Waals surface area contributed by atoms with Crippen molar-refractivity contribution in [2.75, 3.05) is 38.7 Å². The lowest BCUT2D eigenvalue weighted by molar-refractivity contribution is 0.211. The molecular weight excluding hydrogens is 494 g/mol. The highest BCUT2D eigenvalue weighted by Crippen LogP contribution is 2.47. The summed E-state index contributed by atoms with van der Waals surface area (Å²) in [5.41, 5.74) is 3.31. The van der Waals surface area contributed by atoms with Crippen LogP contribution in [-0.2, 0) is 16.7 Å². The Hall–Kier alpha value is -1.87. The Bertz CT molecular complexity index is 809. The molecule has 1 aliphatic rings. The summed E-state index contributed by atoms with van der Waals surface area (Å²) in [6.45, 7) is 5.67. The smallest absolute Gasteiger partial charge is 0.191 e. The minimum Gasteiger partial charge on any atom is -0.383 e. The van der Waals surface area contributed by atoms with E-state index in [0.29, 0.717) is 13.2 Å². The van der Waals surface area contributed by atoms with Crippen LogP contribution in [0.2, 0.25) is 0 Å². The molecule has 0 saturated heterocycles. The normalized spacial score (nSPS) is 14.6. The number of anilines is 1. The summed E-state index contributed by atoms with van der Waals surface area (Å²) < 4.78 is 18.6. The lowest BCUT2D eigenvalue weighted by Crippen LogP contribution is -2.41. The number of nitrogens with one attached hydrogen (secondary N) is 3. The fourth-order valence-corrected chi connectivity index (χ4v) is 3.33. The summed E-state index contributed by atoms with van der Waals surface area (Å²) in [6, 6.07) is 15.2. The fourth-order valence-electron chi connectivity index (χ4n) is 3.33. The number of guanidine groups is 1. The molecule has 5 nitrogen and oxygen atoms in total. The van der Waals surface area contributed by atoms with Crippen LogP contribution in [0, 0.1) is 5.82 Å². The Morgan fingerprint density at radius 1 is 1.13 bits per heavy atom. The first-order valence-electron chi connectivity index (χ1n) is 10.3. The first-order valence-corrected chi connectivity index (χ1v) is 10.3. The van der Waals surface area contributed by atoms with E-state index < -0.39 is 0 Å². The van der Waals surface area contributed by atoms with Gasteiger partial charge in [0.25, 0.3) is 0 Å². The molecule has 7 heteroatoms. The zero-order chi connectivity index (χ0) is 20.5. The van der Waals surface area contributed by atoms with Gasteiger partial charge in [-0.25, -0.2) is 9.38 Å². The van der Waals surface area contributed by atoms with Gasteiger partial charge in [0.15, 0.2) is 5.96 Å². The predicted molar refractivity (Wildman–Crippen MR) is 132 cm³/mol. The largest absolute Gasteiger partial charge is 0.383 e. The van der Waals surface area contributed by atoms with Crippen molar-refractivity contribution >= 4 is 35.6 Å². The zero-order valence-electron chi connectivity index (χ0n) is 17.7. The van der Waals surface area contributed by atoms with Gasteiger partial charge < -0.3 is 20.7 Å². The van der Waals surface area contributed by atoms with E-state index in [-0.39, 0.29) is 35.2 Å². The predicted octanol–water partition coefficient (Wildman–Crippen LogP) is 4.29. The molecule has 1 aliphatic carbocycles. The van der Waals surface area contributed by atoms with E-state index >= 15 is 0 Å². The zero-order valence-corrected chi connectivity index (χ0v) is 20.0. The summed E-state index contributed by atoms with van der Waals surface area (Å²) in [5.74, 6) is 0.618. The number of rotatable bonds is 10. The maximum absolute atomic E-state index is 13.6. The van der Waals surface area contributed by atoms with Gasteiger partial charge in [0.05, 0.1) is 13.2 Å². The van der Waals surface area contributed by atoms with Crippen LogP contribution in [0.1, 0.15) is 30.9 Å². The second-order valence-electron chi connectivity index (χ2n) is 7.46. The first-order chi connectivity index (χ1) is 14.1. The van der Waals surface area contributed by atoms with Crippen LogP contribution >= 0.6 is 24.0 Å². The summed E-state index contributed by atoms with van der Waals surface area (Å²) >= 11 is 0. The molecule has 0 aliphatic heterocycles. The van der Waals surface area contributed by atoms with Gasteiger partial charge in [0.2, 0.25) is 0 Å². The SMILES string of the molecule is CCNC(=NCc1ccc(NCCOC)cc1)NCC1(c2cccc(F)c2)CC1.I. The Morgan fingerprint density at radius 2 is 1.90 bits per heavy atom. The third-order valence-electron chi connectivity index (χ3n) is 5.24. The van der Waals surface area contributed by atoms with Gasteiger partial charge in [-0.05, 0) is 55.2 Å². The Labute approximate surface area is 195 Å². The molecule has 0 unspecified atom stereocenters. The molecule has 1 fully saturated rings. The maximum Gasteiger partial charge on any atom is 0.191 e. The molecule has 2 aromatic rings. The Morgan fingerprint density at radius 3 is 2.53 bits per heavy atom. The summed E-state index contributed by atoms with van der Waals surface area (Å²) in [5, 5.41) is 10.1. The molecule has 0 radical (unpaired) electrons. The van der Waals surface area contributed by atoms with Crippen LogP contribution in [0.5, 0.6) is 0 Å². The Balaban J connectivity index is 0.00000320. The maximum atomic E-state index is 13.6. The third kappa shape index (κ3) is 7.12. The van der Waals surface area contributed by atoms with Gasteiger partial charge in [-0.15, -0.1) is 24.0 Å². The minimum absolute atomic E-state index is 0. The molecule has 1 saturated carbocycles. The van der Waals surface area contributed by atoms with Crippen LogP contribution in [0.3, 0.4) is 0 Å². The van der Waals surface area contributed by atoms with E-state index in [1.165, 1.54) is 6.07 Å². The lowest BCUT2D eigenvalue weighted by Gasteiger charge is -2.19. The monoisotopic (exact) mass is 526 g/mol. The standard InChI is InChI=1S/C23H31FN4O.HI/c1-3-25-22(27-16-18-7-9-21(10-8-18)26-13-14-29-2)28-17-23(11-12-23)19-5-4-6-20(24)15-19;/h4-10,15,26H,3,11-14,16-17H2,1-2H3,(H2,25,27,28);1H. The van der Waals surface area contributed by atoms with Gasteiger partial charge in [-0.1, -0.05) is 24.3 Å². The number of hydrogen-bond donors (Lipinski definition) is 3. The molecule has 30 heavy (non-hydrogen) atoms. The summed E-state index contributed by atoms with van der Waals surface area (Å²) in [6.07, 6.45) is 2.14. The lowest BCUT2D eigenvalue weighted by atomic mass is 9.96. The highest BCUT2D eigenvalue weighted by atomic mass is 127. The van der Waals surface area contributed by atoms with Gasteiger partial charge in [-0.3, -0.25) is 0 Å². The van der Waals surface area contributed by atoms with E-state index in [1.807, 2.05) is 6.07 Å². The number of benzene rings is 2. The van der Waals surface area contributed by atoms with Crippen LogP contribution in [-0.4, -0.2) is 39.3 Å². The van der Waals surface area contributed by atoms with E-state index in [2.05, 4.69) is 47.1 Å². The molecule has 0 heterocycles.